The molecule has 128 valence electrons. The second kappa shape index (κ2) is 11.3. The average molecular weight is 408 g/mol. The van der Waals surface area contributed by atoms with Gasteiger partial charge in [-0.05, 0) is 59.2 Å². The van der Waals surface area contributed by atoms with Crippen molar-refractivity contribution in [2.24, 2.45) is 29.1 Å². The van der Waals surface area contributed by atoms with Gasteiger partial charge in [0.1, 0.15) is 0 Å². The molecule has 0 amide bonds. The van der Waals surface area contributed by atoms with Crippen molar-refractivity contribution in [3.8, 4) is 0 Å². The number of hydrogen-bond donors (Lipinski definition) is 0. The zero-order valence-electron chi connectivity index (χ0n) is 15.8. The molecule has 4 atom stereocenters. The molecule has 0 aromatic heterocycles. The van der Waals surface area contributed by atoms with E-state index in [9.17, 15) is 0 Å². The van der Waals surface area contributed by atoms with Gasteiger partial charge < -0.3 is 0 Å². The summed E-state index contributed by atoms with van der Waals surface area (Å²) in [6, 6.07) is 0. The lowest BCUT2D eigenvalue weighted by Gasteiger charge is -2.45. The molecule has 0 heterocycles. The lowest BCUT2D eigenvalue weighted by Crippen LogP contribution is -2.35. The largest absolute Gasteiger partial charge is 0.0864 e. The van der Waals surface area contributed by atoms with Crippen molar-refractivity contribution in [3.63, 3.8) is 0 Å². The fourth-order valence-corrected chi connectivity index (χ4v) is 4.77. The van der Waals surface area contributed by atoms with Crippen LogP contribution in [0.5, 0.6) is 0 Å². The molecule has 0 N–H and O–H groups in total. The van der Waals surface area contributed by atoms with E-state index in [0.29, 0.717) is 5.41 Å². The van der Waals surface area contributed by atoms with Crippen molar-refractivity contribution in [1.29, 1.82) is 0 Å². The first kappa shape index (κ1) is 21.7. The minimum atomic E-state index is 0.575. The lowest BCUT2D eigenvalue weighted by molar-refractivity contribution is 0.0602. The predicted octanol–water partition coefficient (Wildman–Crippen LogP) is 7.74. The van der Waals surface area contributed by atoms with E-state index in [2.05, 4.69) is 71.1 Å². The maximum atomic E-state index is 2.57. The van der Waals surface area contributed by atoms with Crippen LogP contribution in [0, 0.1) is 29.1 Å². The van der Waals surface area contributed by atoms with Gasteiger partial charge in [-0.25, -0.2) is 0 Å². The van der Waals surface area contributed by atoms with Crippen LogP contribution >= 0.6 is 22.6 Å². The van der Waals surface area contributed by atoms with Crippen molar-refractivity contribution >= 4 is 22.6 Å². The van der Waals surface area contributed by atoms with Gasteiger partial charge in [0.15, 0.2) is 0 Å². The molecule has 0 aliphatic heterocycles. The molecule has 0 bridgehead atoms. The van der Waals surface area contributed by atoms with Gasteiger partial charge in [-0.2, -0.15) is 0 Å². The summed E-state index contributed by atoms with van der Waals surface area (Å²) in [7, 11) is 0. The zero-order valence-corrected chi connectivity index (χ0v) is 18.0. The normalized spacial score (nSPS) is 20.6. The van der Waals surface area contributed by atoms with Gasteiger partial charge >= 0.3 is 0 Å². The van der Waals surface area contributed by atoms with Gasteiger partial charge in [0, 0.05) is 0 Å². The molecule has 1 heteroatoms. The first-order chi connectivity index (χ1) is 9.84. The van der Waals surface area contributed by atoms with Crippen molar-refractivity contribution in [2.75, 3.05) is 4.43 Å². The van der Waals surface area contributed by atoms with Crippen LogP contribution < -0.4 is 0 Å². The van der Waals surface area contributed by atoms with Crippen molar-refractivity contribution in [2.45, 2.75) is 93.4 Å². The van der Waals surface area contributed by atoms with E-state index in [4.69, 9.17) is 0 Å². The predicted molar refractivity (Wildman–Crippen MR) is 107 cm³/mol. The number of alkyl halides is 1. The minimum Gasteiger partial charge on any atom is -0.0864 e. The van der Waals surface area contributed by atoms with E-state index in [1.54, 1.807) is 0 Å². The molecule has 0 spiro atoms. The van der Waals surface area contributed by atoms with E-state index in [1.165, 1.54) is 49.4 Å². The molecule has 4 unspecified atom stereocenters. The monoisotopic (exact) mass is 408 g/mol. The standard InChI is InChI=1S/C20H41I/c1-8-16(4)13-20(14-17(5)9-2,15-18(6)10-3)19(7)11-12-21/h16-19H,8-15H2,1-7H3. The Bertz CT molecular complexity index is 217. The van der Waals surface area contributed by atoms with Crippen molar-refractivity contribution in [1.82, 2.24) is 0 Å². The minimum absolute atomic E-state index is 0.575. The van der Waals surface area contributed by atoms with Crippen LogP contribution in [0.2, 0.25) is 0 Å². The first-order valence-corrected chi connectivity index (χ1v) is 10.9. The molecule has 0 saturated heterocycles. The third kappa shape index (κ3) is 7.70. The maximum Gasteiger partial charge on any atom is -0.000199 e. The third-order valence-electron chi connectivity index (χ3n) is 5.94. The molecule has 0 rings (SSSR count). The van der Waals surface area contributed by atoms with Gasteiger partial charge in [0.2, 0.25) is 0 Å². The van der Waals surface area contributed by atoms with E-state index >= 15 is 0 Å². The van der Waals surface area contributed by atoms with Crippen molar-refractivity contribution in [3.05, 3.63) is 0 Å². The SMILES string of the molecule is CCC(C)CC(CC(C)CC)(CC(C)CC)C(C)CCI. The highest BCUT2D eigenvalue weighted by molar-refractivity contribution is 14.1. The summed E-state index contributed by atoms with van der Waals surface area (Å²) < 4.78 is 1.31. The third-order valence-corrected chi connectivity index (χ3v) is 6.57. The number of hydrogen-bond acceptors (Lipinski definition) is 0. The van der Waals surface area contributed by atoms with E-state index in [-0.39, 0.29) is 0 Å². The lowest BCUT2D eigenvalue weighted by atomic mass is 9.61. The highest BCUT2D eigenvalue weighted by Gasteiger charge is 2.38. The van der Waals surface area contributed by atoms with Gasteiger partial charge in [-0.15, -0.1) is 0 Å². The highest BCUT2D eigenvalue weighted by atomic mass is 127. The maximum absolute atomic E-state index is 2.57. The Balaban J connectivity index is 5.33. The smallest absolute Gasteiger partial charge is 0.000199 e. The molecule has 0 fully saturated rings. The topological polar surface area (TPSA) is 0 Å². The molecule has 0 nitrogen and oxygen atoms in total. The quantitative estimate of drug-likeness (QED) is 0.229. The van der Waals surface area contributed by atoms with E-state index in [1.807, 2.05) is 0 Å². The van der Waals surface area contributed by atoms with Crippen LogP contribution in [0.15, 0.2) is 0 Å². The molecule has 0 aromatic rings. The van der Waals surface area contributed by atoms with E-state index in [0.717, 1.165) is 23.7 Å². The first-order valence-electron chi connectivity index (χ1n) is 9.41. The molecule has 0 aliphatic carbocycles. The Labute approximate surface area is 149 Å². The van der Waals surface area contributed by atoms with Crippen LogP contribution in [0.1, 0.15) is 93.4 Å². The number of rotatable bonds is 12. The van der Waals surface area contributed by atoms with Crippen LogP contribution in [0.25, 0.3) is 0 Å². The molecular formula is C20H41I. The molecule has 21 heavy (non-hydrogen) atoms. The Hall–Kier alpha value is 0.730. The highest BCUT2D eigenvalue weighted by Crippen LogP contribution is 2.48. The summed E-state index contributed by atoms with van der Waals surface area (Å²) in [4.78, 5) is 0. The summed E-state index contributed by atoms with van der Waals surface area (Å²) in [6.07, 6.45) is 9.71. The number of halogens is 1. The van der Waals surface area contributed by atoms with Gasteiger partial charge in [0.25, 0.3) is 0 Å². The second-order valence-electron chi connectivity index (χ2n) is 7.89. The Morgan fingerprint density at radius 1 is 0.714 bits per heavy atom. The van der Waals surface area contributed by atoms with Crippen LogP contribution in [0.3, 0.4) is 0 Å². The Morgan fingerprint density at radius 2 is 1.05 bits per heavy atom. The fraction of sp³-hybridized carbons (Fsp3) is 1.00. The molecule has 0 radical (unpaired) electrons. The van der Waals surface area contributed by atoms with Gasteiger partial charge in [-0.1, -0.05) is 90.3 Å². The average Bonchev–Trinajstić information content (AvgIpc) is 2.46. The molecular weight excluding hydrogens is 367 g/mol. The Morgan fingerprint density at radius 3 is 1.29 bits per heavy atom. The van der Waals surface area contributed by atoms with E-state index < -0.39 is 0 Å². The Kier molecular flexibility index (Phi) is 11.7. The van der Waals surface area contributed by atoms with Crippen LogP contribution in [0.4, 0.5) is 0 Å². The molecule has 0 aromatic carbocycles. The van der Waals surface area contributed by atoms with Crippen molar-refractivity contribution < 1.29 is 0 Å². The summed E-state index contributed by atoms with van der Waals surface area (Å²) in [5, 5.41) is 0. The zero-order chi connectivity index (χ0) is 16.5. The van der Waals surface area contributed by atoms with Crippen LogP contribution in [-0.4, -0.2) is 4.43 Å². The van der Waals surface area contributed by atoms with Gasteiger partial charge in [-0.3, -0.25) is 0 Å². The van der Waals surface area contributed by atoms with Crippen LogP contribution in [-0.2, 0) is 0 Å². The fourth-order valence-electron chi connectivity index (χ4n) is 3.84. The summed E-state index contributed by atoms with van der Waals surface area (Å²) >= 11 is 2.57. The summed E-state index contributed by atoms with van der Waals surface area (Å²) in [5.74, 6) is 3.48. The summed E-state index contributed by atoms with van der Waals surface area (Å²) in [5.41, 5.74) is 0.575. The molecule has 0 saturated carbocycles. The van der Waals surface area contributed by atoms with Gasteiger partial charge in [0.05, 0.1) is 0 Å². The second-order valence-corrected chi connectivity index (χ2v) is 8.97. The molecule has 0 aliphatic rings. The summed E-state index contributed by atoms with van der Waals surface area (Å²) in [6.45, 7) is 17.1.